The molecule has 0 aliphatic rings. The number of aromatic nitrogens is 1. The molecule has 88 valence electrons. The van der Waals surface area contributed by atoms with Crippen molar-refractivity contribution in [3.8, 4) is 0 Å². The van der Waals surface area contributed by atoms with Crippen molar-refractivity contribution in [1.29, 1.82) is 0 Å². The van der Waals surface area contributed by atoms with Crippen LogP contribution in [0.3, 0.4) is 0 Å². The van der Waals surface area contributed by atoms with Gasteiger partial charge in [0.25, 0.3) is 0 Å². The molecule has 0 unspecified atom stereocenters. The molecule has 0 aromatic carbocycles. The van der Waals surface area contributed by atoms with Crippen LogP contribution in [0.25, 0.3) is 0 Å². The van der Waals surface area contributed by atoms with Crippen LogP contribution in [0.4, 0.5) is 5.82 Å². The topological polar surface area (TPSA) is 53.4 Å². The van der Waals surface area contributed by atoms with Gasteiger partial charge in [-0.05, 0) is 42.8 Å². The highest BCUT2D eigenvalue weighted by Gasteiger charge is 2.18. The first-order chi connectivity index (χ1) is 7.47. The Balaban J connectivity index is 3.26. The molecule has 1 N–H and O–H groups in total. The van der Waals surface area contributed by atoms with Crippen molar-refractivity contribution in [3.05, 3.63) is 22.3 Å². The molecule has 0 atom stereocenters. The minimum absolute atomic E-state index is 0.219. The van der Waals surface area contributed by atoms with E-state index >= 15 is 0 Å². The molecule has 0 spiro atoms. The van der Waals surface area contributed by atoms with E-state index in [1.165, 1.54) is 0 Å². The van der Waals surface area contributed by atoms with Crippen LogP contribution in [0.15, 0.2) is 16.7 Å². The largest absolute Gasteiger partial charge is 0.478 e. The lowest BCUT2D eigenvalue weighted by atomic mass is 10.2. The maximum Gasteiger partial charge on any atom is 0.339 e. The molecule has 16 heavy (non-hydrogen) atoms. The monoisotopic (exact) mass is 286 g/mol. The minimum atomic E-state index is -0.956. The molecule has 0 aliphatic heterocycles. The van der Waals surface area contributed by atoms with E-state index in [2.05, 4.69) is 20.9 Å². The molecule has 1 aromatic rings. The fraction of sp³-hybridized carbons (Fsp3) is 0.455. The molecule has 0 saturated heterocycles. The second kappa shape index (κ2) is 5.30. The number of halogens is 1. The number of rotatable bonds is 4. The van der Waals surface area contributed by atoms with E-state index in [9.17, 15) is 4.79 Å². The molecular formula is C11H15BrN2O2. The Kier molecular flexibility index (Phi) is 4.29. The lowest BCUT2D eigenvalue weighted by molar-refractivity contribution is 0.0697. The number of carbonyl (C=O) groups is 1. The van der Waals surface area contributed by atoms with Crippen LogP contribution in [0.5, 0.6) is 0 Å². The molecule has 5 heteroatoms. The first-order valence-electron chi connectivity index (χ1n) is 5.12. The number of nitrogens with zero attached hydrogens (tertiary/aromatic N) is 2. The first kappa shape index (κ1) is 13.0. The van der Waals surface area contributed by atoms with Crippen molar-refractivity contribution in [2.75, 3.05) is 11.4 Å². The van der Waals surface area contributed by atoms with Gasteiger partial charge in [-0.1, -0.05) is 0 Å². The Morgan fingerprint density at radius 3 is 2.69 bits per heavy atom. The molecule has 0 aliphatic carbocycles. The highest BCUT2D eigenvalue weighted by atomic mass is 79.9. The summed E-state index contributed by atoms with van der Waals surface area (Å²) in [6.07, 6.45) is 1.62. The molecule has 4 nitrogen and oxygen atoms in total. The van der Waals surface area contributed by atoms with E-state index in [1.54, 1.807) is 12.3 Å². The smallest absolute Gasteiger partial charge is 0.339 e. The van der Waals surface area contributed by atoms with E-state index in [0.29, 0.717) is 10.3 Å². The number of hydrogen-bond acceptors (Lipinski definition) is 3. The van der Waals surface area contributed by atoms with Crippen LogP contribution in [0, 0.1) is 0 Å². The predicted octanol–water partition coefficient (Wildman–Crippen LogP) is 2.78. The molecule has 0 fully saturated rings. The Morgan fingerprint density at radius 1 is 1.62 bits per heavy atom. The number of hydrogen-bond donors (Lipinski definition) is 1. The van der Waals surface area contributed by atoms with Gasteiger partial charge in [-0.15, -0.1) is 0 Å². The fourth-order valence-corrected chi connectivity index (χ4v) is 1.91. The lowest BCUT2D eigenvalue weighted by Crippen LogP contribution is -2.32. The van der Waals surface area contributed by atoms with Crippen LogP contribution < -0.4 is 4.90 Å². The number of pyridine rings is 1. The zero-order valence-corrected chi connectivity index (χ0v) is 11.2. The first-order valence-corrected chi connectivity index (χ1v) is 5.92. The molecule has 1 rings (SSSR count). The Hall–Kier alpha value is -1.10. The third kappa shape index (κ3) is 2.72. The van der Waals surface area contributed by atoms with Gasteiger partial charge in [0, 0.05) is 23.3 Å². The number of anilines is 1. The number of carboxylic acids is 1. The van der Waals surface area contributed by atoms with Crippen molar-refractivity contribution < 1.29 is 9.90 Å². The second-order valence-electron chi connectivity index (χ2n) is 3.71. The maximum absolute atomic E-state index is 11.1. The molecule has 0 bridgehead atoms. The van der Waals surface area contributed by atoms with Crippen molar-refractivity contribution in [1.82, 2.24) is 4.98 Å². The van der Waals surface area contributed by atoms with E-state index in [0.717, 1.165) is 6.54 Å². The van der Waals surface area contributed by atoms with Gasteiger partial charge in [0.2, 0.25) is 0 Å². The molecule has 0 radical (unpaired) electrons. The Labute approximate surface area is 103 Å². The van der Waals surface area contributed by atoms with Crippen LogP contribution in [-0.2, 0) is 0 Å². The van der Waals surface area contributed by atoms with Crippen molar-refractivity contribution in [3.63, 3.8) is 0 Å². The summed E-state index contributed by atoms with van der Waals surface area (Å²) in [6.45, 7) is 6.74. The molecule has 1 heterocycles. The summed E-state index contributed by atoms with van der Waals surface area (Å²) >= 11 is 3.23. The zero-order chi connectivity index (χ0) is 12.3. The van der Waals surface area contributed by atoms with E-state index < -0.39 is 5.97 Å². The SMILES string of the molecule is CCN(c1ncc(Br)cc1C(=O)O)C(C)C. The molecule has 0 saturated carbocycles. The van der Waals surface area contributed by atoms with Crippen LogP contribution in [-0.4, -0.2) is 28.6 Å². The second-order valence-corrected chi connectivity index (χ2v) is 4.63. The van der Waals surface area contributed by atoms with Gasteiger partial charge in [-0.25, -0.2) is 9.78 Å². The normalized spacial score (nSPS) is 10.6. The molecule has 1 aromatic heterocycles. The van der Waals surface area contributed by atoms with Gasteiger partial charge < -0.3 is 10.0 Å². The predicted molar refractivity (Wildman–Crippen MR) is 67.1 cm³/mol. The third-order valence-corrected chi connectivity index (χ3v) is 2.73. The summed E-state index contributed by atoms with van der Waals surface area (Å²) in [6, 6.07) is 1.80. The van der Waals surface area contributed by atoms with Crippen molar-refractivity contribution in [2.24, 2.45) is 0 Å². The Bertz CT molecular complexity index is 394. The third-order valence-electron chi connectivity index (χ3n) is 2.30. The summed E-state index contributed by atoms with van der Waals surface area (Å²) in [5, 5.41) is 9.13. The minimum Gasteiger partial charge on any atom is -0.478 e. The van der Waals surface area contributed by atoms with Gasteiger partial charge in [0.05, 0.1) is 0 Å². The molecular weight excluding hydrogens is 272 g/mol. The summed E-state index contributed by atoms with van der Waals surface area (Å²) in [7, 11) is 0. The van der Waals surface area contributed by atoms with Crippen molar-refractivity contribution in [2.45, 2.75) is 26.8 Å². The zero-order valence-electron chi connectivity index (χ0n) is 9.57. The summed E-state index contributed by atoms with van der Waals surface area (Å²) in [4.78, 5) is 17.3. The molecule has 0 amide bonds. The Morgan fingerprint density at radius 2 is 2.25 bits per heavy atom. The van der Waals surface area contributed by atoms with Crippen LogP contribution in [0.1, 0.15) is 31.1 Å². The van der Waals surface area contributed by atoms with Gasteiger partial charge in [0.15, 0.2) is 0 Å². The maximum atomic E-state index is 11.1. The number of aromatic carboxylic acids is 1. The van der Waals surface area contributed by atoms with Gasteiger partial charge in [-0.2, -0.15) is 0 Å². The fourth-order valence-electron chi connectivity index (χ4n) is 1.58. The van der Waals surface area contributed by atoms with E-state index in [-0.39, 0.29) is 11.6 Å². The highest BCUT2D eigenvalue weighted by molar-refractivity contribution is 9.10. The van der Waals surface area contributed by atoms with Crippen LogP contribution >= 0.6 is 15.9 Å². The van der Waals surface area contributed by atoms with Crippen molar-refractivity contribution >= 4 is 27.7 Å². The highest BCUT2D eigenvalue weighted by Crippen LogP contribution is 2.23. The van der Waals surface area contributed by atoms with Gasteiger partial charge in [0.1, 0.15) is 11.4 Å². The quantitative estimate of drug-likeness (QED) is 0.925. The average Bonchev–Trinajstić information content (AvgIpc) is 2.20. The van der Waals surface area contributed by atoms with E-state index in [1.807, 2.05) is 25.7 Å². The lowest BCUT2D eigenvalue weighted by Gasteiger charge is -2.27. The van der Waals surface area contributed by atoms with Gasteiger partial charge in [-0.3, -0.25) is 0 Å². The van der Waals surface area contributed by atoms with E-state index in [4.69, 9.17) is 5.11 Å². The van der Waals surface area contributed by atoms with Gasteiger partial charge >= 0.3 is 5.97 Å². The summed E-state index contributed by atoms with van der Waals surface area (Å²) in [5.41, 5.74) is 0.227. The average molecular weight is 287 g/mol. The standard InChI is InChI=1S/C11H15BrN2O2/c1-4-14(7(2)3)10-9(11(15)16)5-8(12)6-13-10/h5-7H,4H2,1-3H3,(H,15,16). The summed E-state index contributed by atoms with van der Waals surface area (Å²) < 4.78 is 0.674. The van der Waals surface area contributed by atoms with Crippen LogP contribution in [0.2, 0.25) is 0 Å². The summed E-state index contributed by atoms with van der Waals surface area (Å²) in [5.74, 6) is -0.434. The number of carboxylic acid groups (broad SMARTS) is 1.